The summed E-state index contributed by atoms with van der Waals surface area (Å²) in [7, 11) is 0. The zero-order chi connectivity index (χ0) is 22.0. The fourth-order valence-electron chi connectivity index (χ4n) is 6.65. The summed E-state index contributed by atoms with van der Waals surface area (Å²) in [6, 6.07) is 5.41. The van der Waals surface area contributed by atoms with E-state index in [1.165, 1.54) is 77.3 Å². The Kier molecular flexibility index (Phi) is 6.73. The van der Waals surface area contributed by atoms with Gasteiger partial charge in [0.1, 0.15) is 5.82 Å². The van der Waals surface area contributed by atoms with Crippen molar-refractivity contribution in [3.05, 3.63) is 23.9 Å². The van der Waals surface area contributed by atoms with Crippen molar-refractivity contribution in [3.8, 4) is 0 Å². The second-order valence-corrected chi connectivity index (χ2v) is 10.9. The highest BCUT2D eigenvalue weighted by molar-refractivity contribution is 5.94. The van der Waals surface area contributed by atoms with Gasteiger partial charge in [-0.15, -0.1) is 0 Å². The van der Waals surface area contributed by atoms with Crippen LogP contribution in [0.25, 0.3) is 0 Å². The molecule has 5 nitrogen and oxygen atoms in total. The number of nitrogens with zero attached hydrogens (tertiary/aromatic N) is 4. The molecule has 2 saturated heterocycles. The van der Waals surface area contributed by atoms with Crippen molar-refractivity contribution in [2.45, 2.75) is 96.1 Å². The summed E-state index contributed by atoms with van der Waals surface area (Å²) in [5, 5.41) is 0. The minimum atomic E-state index is 0.161. The van der Waals surface area contributed by atoms with E-state index in [0.717, 1.165) is 49.9 Å². The summed E-state index contributed by atoms with van der Waals surface area (Å²) in [4.78, 5) is 25.2. The van der Waals surface area contributed by atoms with E-state index in [0.29, 0.717) is 11.5 Å². The molecule has 5 rings (SSSR count). The first kappa shape index (κ1) is 22.2. The first-order valence-electron chi connectivity index (χ1n) is 13.4. The van der Waals surface area contributed by atoms with E-state index in [1.807, 2.05) is 12.3 Å². The summed E-state index contributed by atoms with van der Waals surface area (Å²) >= 11 is 0. The van der Waals surface area contributed by atoms with Crippen molar-refractivity contribution >= 4 is 11.7 Å². The van der Waals surface area contributed by atoms with Crippen LogP contribution in [-0.4, -0.2) is 65.5 Å². The number of carbonyl (C=O) groups excluding carboxylic acids is 1. The Bertz CT molecular complexity index is 750. The molecule has 0 aromatic carbocycles. The molecule has 4 fully saturated rings. The van der Waals surface area contributed by atoms with Crippen molar-refractivity contribution in [2.24, 2.45) is 5.41 Å². The van der Waals surface area contributed by atoms with Crippen LogP contribution in [0.4, 0.5) is 5.82 Å². The van der Waals surface area contributed by atoms with E-state index in [1.54, 1.807) is 0 Å². The lowest BCUT2D eigenvalue weighted by atomic mass is 9.70. The highest BCUT2D eigenvalue weighted by Gasteiger charge is 2.39. The van der Waals surface area contributed by atoms with Crippen LogP contribution in [0.1, 0.15) is 94.3 Å². The van der Waals surface area contributed by atoms with Crippen LogP contribution in [0.15, 0.2) is 18.3 Å². The van der Waals surface area contributed by atoms with Gasteiger partial charge in [0.05, 0.1) is 5.56 Å². The summed E-state index contributed by atoms with van der Waals surface area (Å²) in [5.41, 5.74) is 1.31. The number of amides is 1. The van der Waals surface area contributed by atoms with E-state index >= 15 is 0 Å². The number of aromatic nitrogens is 1. The number of carbonyl (C=O) groups is 1. The van der Waals surface area contributed by atoms with E-state index in [2.05, 4.69) is 27.7 Å². The summed E-state index contributed by atoms with van der Waals surface area (Å²) in [5.74, 6) is 1.21. The average molecular weight is 439 g/mol. The molecular formula is C27H42N4O. The van der Waals surface area contributed by atoms with Gasteiger partial charge in [0.25, 0.3) is 5.91 Å². The normalized spacial score (nSPS) is 25.0. The third-order valence-corrected chi connectivity index (χ3v) is 9.21. The second-order valence-electron chi connectivity index (χ2n) is 10.9. The molecule has 1 aromatic rings. The predicted octanol–water partition coefficient (Wildman–Crippen LogP) is 5.11. The highest BCUT2D eigenvalue weighted by atomic mass is 16.2. The SMILES string of the molecule is CCN(C(=O)c1ccc(N2CCC3(CC2)CCN(C2CCC2)CC3)nc1)C1CCCCC1. The smallest absolute Gasteiger partial charge is 0.255 e. The van der Waals surface area contributed by atoms with Crippen LogP contribution >= 0.6 is 0 Å². The molecule has 1 spiro atoms. The molecule has 176 valence electrons. The quantitative estimate of drug-likeness (QED) is 0.640. The maximum atomic E-state index is 13.1. The Hall–Kier alpha value is -1.62. The number of hydrogen-bond acceptors (Lipinski definition) is 4. The summed E-state index contributed by atoms with van der Waals surface area (Å²) in [6.07, 6.45) is 17.6. The molecule has 5 heteroatoms. The summed E-state index contributed by atoms with van der Waals surface area (Å²) in [6.45, 7) is 7.73. The Labute approximate surface area is 194 Å². The van der Waals surface area contributed by atoms with Crippen LogP contribution in [0.3, 0.4) is 0 Å². The highest BCUT2D eigenvalue weighted by Crippen LogP contribution is 2.43. The van der Waals surface area contributed by atoms with Gasteiger partial charge in [0.2, 0.25) is 0 Å². The van der Waals surface area contributed by atoms with E-state index in [4.69, 9.17) is 4.98 Å². The fraction of sp³-hybridized carbons (Fsp3) is 0.778. The van der Waals surface area contributed by atoms with Crippen LogP contribution in [0, 0.1) is 5.41 Å². The molecule has 4 aliphatic rings. The molecule has 2 aliphatic heterocycles. The van der Waals surface area contributed by atoms with E-state index in [-0.39, 0.29) is 5.91 Å². The van der Waals surface area contributed by atoms with Gasteiger partial charge in [-0.25, -0.2) is 4.98 Å². The van der Waals surface area contributed by atoms with Gasteiger partial charge in [-0.1, -0.05) is 25.7 Å². The van der Waals surface area contributed by atoms with Gasteiger partial charge in [-0.05, 0) is 88.9 Å². The molecule has 0 unspecified atom stereocenters. The number of pyridine rings is 1. The molecule has 1 amide bonds. The molecule has 0 bridgehead atoms. The van der Waals surface area contributed by atoms with Crippen LogP contribution in [0.5, 0.6) is 0 Å². The fourth-order valence-corrected chi connectivity index (χ4v) is 6.65. The van der Waals surface area contributed by atoms with Crippen molar-refractivity contribution in [2.75, 3.05) is 37.6 Å². The van der Waals surface area contributed by atoms with Crippen LogP contribution in [0.2, 0.25) is 0 Å². The summed E-state index contributed by atoms with van der Waals surface area (Å²) < 4.78 is 0. The zero-order valence-corrected chi connectivity index (χ0v) is 20.1. The average Bonchev–Trinajstić information content (AvgIpc) is 2.81. The van der Waals surface area contributed by atoms with Crippen molar-refractivity contribution in [3.63, 3.8) is 0 Å². The molecule has 2 saturated carbocycles. The molecule has 32 heavy (non-hydrogen) atoms. The lowest BCUT2D eigenvalue weighted by molar-refractivity contribution is 0.0305. The predicted molar refractivity (Wildman–Crippen MR) is 130 cm³/mol. The molecule has 0 radical (unpaired) electrons. The molecule has 2 aliphatic carbocycles. The van der Waals surface area contributed by atoms with Gasteiger partial charge in [-0.2, -0.15) is 0 Å². The van der Waals surface area contributed by atoms with Crippen molar-refractivity contribution in [1.82, 2.24) is 14.8 Å². The van der Waals surface area contributed by atoms with Crippen LogP contribution in [-0.2, 0) is 0 Å². The van der Waals surface area contributed by atoms with Gasteiger partial charge in [0, 0.05) is 37.9 Å². The lowest BCUT2D eigenvalue weighted by Gasteiger charge is -2.50. The van der Waals surface area contributed by atoms with Gasteiger partial charge in [-0.3, -0.25) is 4.79 Å². The molecule has 0 atom stereocenters. The molecule has 0 N–H and O–H groups in total. The largest absolute Gasteiger partial charge is 0.357 e. The second kappa shape index (κ2) is 9.70. The third kappa shape index (κ3) is 4.55. The van der Waals surface area contributed by atoms with Crippen molar-refractivity contribution in [1.29, 1.82) is 0 Å². The molecule has 3 heterocycles. The topological polar surface area (TPSA) is 39.7 Å². The standard InChI is InChI=1S/C27H42N4O/c1-2-31(24-7-4-3-5-8-24)26(32)22-11-12-25(28-21-22)30-19-15-27(16-20-30)13-17-29(18-14-27)23-9-6-10-23/h11-12,21,23-24H,2-10,13-20H2,1H3. The maximum absolute atomic E-state index is 13.1. The Morgan fingerprint density at radius 1 is 0.969 bits per heavy atom. The third-order valence-electron chi connectivity index (χ3n) is 9.21. The first-order valence-corrected chi connectivity index (χ1v) is 13.4. The van der Waals surface area contributed by atoms with Gasteiger partial charge < -0.3 is 14.7 Å². The lowest BCUT2D eigenvalue weighted by Crippen LogP contribution is -2.51. The number of anilines is 1. The Morgan fingerprint density at radius 3 is 2.22 bits per heavy atom. The van der Waals surface area contributed by atoms with Crippen LogP contribution < -0.4 is 4.90 Å². The monoisotopic (exact) mass is 438 g/mol. The number of likely N-dealkylation sites (tertiary alicyclic amines) is 1. The Balaban J connectivity index is 1.15. The number of rotatable bonds is 5. The number of piperidine rings is 2. The van der Waals surface area contributed by atoms with Gasteiger partial charge in [0.15, 0.2) is 0 Å². The maximum Gasteiger partial charge on any atom is 0.255 e. The molecular weight excluding hydrogens is 396 g/mol. The Morgan fingerprint density at radius 2 is 1.66 bits per heavy atom. The van der Waals surface area contributed by atoms with Crippen molar-refractivity contribution < 1.29 is 4.79 Å². The zero-order valence-electron chi connectivity index (χ0n) is 20.1. The molecule has 1 aromatic heterocycles. The first-order chi connectivity index (χ1) is 15.7. The number of hydrogen-bond donors (Lipinski definition) is 0. The minimum Gasteiger partial charge on any atom is -0.357 e. The van der Waals surface area contributed by atoms with E-state index in [9.17, 15) is 4.79 Å². The van der Waals surface area contributed by atoms with E-state index < -0.39 is 0 Å². The van der Waals surface area contributed by atoms with Gasteiger partial charge >= 0.3 is 0 Å². The minimum absolute atomic E-state index is 0.161.